The highest BCUT2D eigenvalue weighted by atomic mass is 32.2. The Kier molecular flexibility index (Phi) is 8.23. The van der Waals surface area contributed by atoms with Crippen molar-refractivity contribution in [2.45, 2.75) is 25.2 Å². The number of nitrogens with one attached hydrogen (secondary N) is 1. The average Bonchev–Trinajstić information content (AvgIpc) is 2.82. The third kappa shape index (κ3) is 6.91. The van der Waals surface area contributed by atoms with E-state index in [0.717, 1.165) is 11.1 Å². The van der Waals surface area contributed by atoms with Gasteiger partial charge < -0.3 is 9.64 Å². The van der Waals surface area contributed by atoms with Crippen molar-refractivity contribution in [3.05, 3.63) is 89.5 Å². The van der Waals surface area contributed by atoms with Crippen LogP contribution in [0.1, 0.15) is 27.9 Å². The fourth-order valence-electron chi connectivity index (χ4n) is 3.48. The van der Waals surface area contributed by atoms with E-state index in [4.69, 9.17) is 10.00 Å². The van der Waals surface area contributed by atoms with E-state index >= 15 is 0 Å². The van der Waals surface area contributed by atoms with E-state index in [0.29, 0.717) is 5.69 Å². The second-order valence-corrected chi connectivity index (χ2v) is 9.56. The quantitative estimate of drug-likeness (QED) is 0.448. The molecule has 0 atom stereocenters. The lowest BCUT2D eigenvalue weighted by Gasteiger charge is -2.22. The average molecular weight is 492 g/mol. The molecule has 0 unspecified atom stereocenters. The van der Waals surface area contributed by atoms with Crippen molar-refractivity contribution in [2.24, 2.45) is 0 Å². The lowest BCUT2D eigenvalue weighted by Crippen LogP contribution is -2.35. The van der Waals surface area contributed by atoms with Crippen molar-refractivity contribution in [1.29, 1.82) is 5.26 Å². The molecule has 0 aliphatic carbocycles. The van der Waals surface area contributed by atoms with Gasteiger partial charge in [0, 0.05) is 17.9 Å². The highest BCUT2D eigenvalue weighted by Gasteiger charge is 2.20. The van der Waals surface area contributed by atoms with Crippen molar-refractivity contribution < 1.29 is 22.7 Å². The third-order valence-corrected chi connectivity index (χ3v) is 6.39. The van der Waals surface area contributed by atoms with Crippen LogP contribution in [-0.4, -0.2) is 33.4 Å². The largest absolute Gasteiger partial charge is 0.452 e. The zero-order valence-electron chi connectivity index (χ0n) is 19.4. The Labute approximate surface area is 204 Å². The zero-order chi connectivity index (χ0) is 25.4. The van der Waals surface area contributed by atoms with E-state index in [1.165, 1.54) is 41.3 Å². The number of rotatable bonds is 9. The van der Waals surface area contributed by atoms with E-state index < -0.39 is 28.5 Å². The van der Waals surface area contributed by atoms with Gasteiger partial charge in [-0.05, 0) is 67.4 Å². The van der Waals surface area contributed by atoms with Gasteiger partial charge in [-0.25, -0.2) is 13.2 Å². The molecule has 35 heavy (non-hydrogen) atoms. The normalized spacial score (nSPS) is 10.8. The van der Waals surface area contributed by atoms with Crippen LogP contribution in [0, 0.1) is 25.2 Å². The summed E-state index contributed by atoms with van der Waals surface area (Å²) in [5.74, 6) is -1.25. The molecule has 3 rings (SSSR count). The van der Waals surface area contributed by atoms with Gasteiger partial charge in [0.2, 0.25) is 0 Å². The van der Waals surface area contributed by atoms with E-state index in [2.05, 4.69) is 4.72 Å². The summed E-state index contributed by atoms with van der Waals surface area (Å²) in [6, 6.07) is 21.3. The first kappa shape index (κ1) is 25.5. The van der Waals surface area contributed by atoms with Crippen molar-refractivity contribution >= 4 is 33.3 Å². The second kappa shape index (κ2) is 11.3. The number of nitriles is 1. The van der Waals surface area contributed by atoms with E-state index in [-0.39, 0.29) is 29.1 Å². The molecular formula is C26H25N3O5S. The number of sulfonamides is 1. The van der Waals surface area contributed by atoms with Crippen LogP contribution in [0.4, 0.5) is 11.4 Å². The lowest BCUT2D eigenvalue weighted by atomic mass is 10.1. The summed E-state index contributed by atoms with van der Waals surface area (Å²) in [7, 11) is -3.83. The van der Waals surface area contributed by atoms with Gasteiger partial charge in [-0.1, -0.05) is 30.3 Å². The van der Waals surface area contributed by atoms with Crippen LogP contribution < -0.4 is 9.62 Å². The molecule has 180 valence electrons. The Morgan fingerprint density at radius 1 is 0.971 bits per heavy atom. The van der Waals surface area contributed by atoms with Crippen molar-refractivity contribution in [2.75, 3.05) is 22.8 Å². The molecule has 0 fully saturated rings. The Morgan fingerprint density at radius 3 is 2.31 bits per heavy atom. The molecule has 0 radical (unpaired) electrons. The standard InChI is InChI=1S/C26H25N3O5S/c1-19-14-20(2)16-23(15-19)29(13-7-12-27)25(30)18-34-26(31)21-8-6-9-22(17-21)28-35(32,33)24-10-4-3-5-11-24/h3-6,8-11,14-17,28H,7,13,18H2,1-2H3. The van der Waals surface area contributed by atoms with Crippen LogP contribution in [0.15, 0.2) is 77.7 Å². The first-order chi connectivity index (χ1) is 16.7. The molecule has 3 aromatic rings. The predicted octanol–water partition coefficient (Wildman–Crippen LogP) is 4.21. The van der Waals surface area contributed by atoms with Gasteiger partial charge in [0.25, 0.3) is 15.9 Å². The number of benzene rings is 3. The van der Waals surface area contributed by atoms with Crippen molar-refractivity contribution in [3.63, 3.8) is 0 Å². The van der Waals surface area contributed by atoms with Gasteiger partial charge in [0.05, 0.1) is 22.9 Å². The maximum Gasteiger partial charge on any atom is 0.338 e. The molecule has 3 aromatic carbocycles. The molecule has 0 heterocycles. The van der Waals surface area contributed by atoms with Crippen LogP contribution >= 0.6 is 0 Å². The first-order valence-corrected chi connectivity index (χ1v) is 12.3. The summed E-state index contributed by atoms with van der Waals surface area (Å²) >= 11 is 0. The summed E-state index contributed by atoms with van der Waals surface area (Å²) in [5, 5.41) is 8.98. The van der Waals surface area contributed by atoms with Crippen molar-refractivity contribution in [1.82, 2.24) is 0 Å². The molecule has 0 aliphatic heterocycles. The minimum atomic E-state index is -3.83. The number of carbonyl (C=O) groups is 2. The Hall–Kier alpha value is -4.16. The number of hydrogen-bond acceptors (Lipinski definition) is 6. The van der Waals surface area contributed by atoms with Crippen LogP contribution in [0.2, 0.25) is 0 Å². The molecule has 0 saturated heterocycles. The number of ether oxygens (including phenoxy) is 1. The third-order valence-electron chi connectivity index (χ3n) is 5.00. The van der Waals surface area contributed by atoms with E-state index in [1.807, 2.05) is 38.1 Å². The SMILES string of the molecule is Cc1cc(C)cc(N(CCC#N)C(=O)COC(=O)c2cccc(NS(=O)(=O)c3ccccc3)c2)c1. The maximum atomic E-state index is 12.9. The smallest absolute Gasteiger partial charge is 0.338 e. The Morgan fingerprint density at radius 2 is 1.66 bits per heavy atom. The van der Waals surface area contributed by atoms with Crippen LogP contribution in [0.5, 0.6) is 0 Å². The molecule has 1 amide bonds. The number of hydrogen-bond donors (Lipinski definition) is 1. The Bertz CT molecular complexity index is 1340. The Balaban J connectivity index is 1.70. The zero-order valence-corrected chi connectivity index (χ0v) is 20.2. The molecular weight excluding hydrogens is 466 g/mol. The van der Waals surface area contributed by atoms with Gasteiger partial charge in [0.15, 0.2) is 6.61 Å². The summed E-state index contributed by atoms with van der Waals surface area (Å²) in [4.78, 5) is 27.0. The maximum absolute atomic E-state index is 12.9. The van der Waals surface area contributed by atoms with Crippen LogP contribution in [-0.2, 0) is 19.6 Å². The number of aryl methyl sites for hydroxylation is 2. The molecule has 1 N–H and O–H groups in total. The monoisotopic (exact) mass is 491 g/mol. The highest BCUT2D eigenvalue weighted by Crippen LogP contribution is 2.20. The molecule has 8 nitrogen and oxygen atoms in total. The van der Waals surface area contributed by atoms with Gasteiger partial charge in [0.1, 0.15) is 0 Å². The minimum absolute atomic E-state index is 0.0843. The molecule has 0 aromatic heterocycles. The number of anilines is 2. The minimum Gasteiger partial charge on any atom is -0.452 e. The van der Waals surface area contributed by atoms with E-state index in [9.17, 15) is 18.0 Å². The predicted molar refractivity (Wildman–Crippen MR) is 132 cm³/mol. The summed E-state index contributed by atoms with van der Waals surface area (Å²) in [5.41, 5.74) is 2.81. The molecule has 0 spiro atoms. The van der Waals surface area contributed by atoms with E-state index in [1.54, 1.807) is 18.2 Å². The van der Waals surface area contributed by atoms with Crippen LogP contribution in [0.25, 0.3) is 0 Å². The molecule has 0 saturated carbocycles. The van der Waals surface area contributed by atoms with Gasteiger partial charge in [-0.15, -0.1) is 0 Å². The lowest BCUT2D eigenvalue weighted by molar-refractivity contribution is -0.121. The molecule has 0 bridgehead atoms. The summed E-state index contributed by atoms with van der Waals surface area (Å²) in [6.45, 7) is 3.44. The van der Waals surface area contributed by atoms with Crippen LogP contribution in [0.3, 0.4) is 0 Å². The van der Waals surface area contributed by atoms with Gasteiger partial charge in [-0.2, -0.15) is 5.26 Å². The molecule has 0 aliphatic rings. The highest BCUT2D eigenvalue weighted by molar-refractivity contribution is 7.92. The number of esters is 1. The fraction of sp³-hybridized carbons (Fsp3) is 0.192. The van der Waals surface area contributed by atoms with Gasteiger partial charge in [-0.3, -0.25) is 9.52 Å². The summed E-state index contributed by atoms with van der Waals surface area (Å²) < 4.78 is 32.7. The number of nitrogens with zero attached hydrogens (tertiary/aromatic N) is 2. The number of carbonyl (C=O) groups excluding carboxylic acids is 2. The topological polar surface area (TPSA) is 117 Å². The first-order valence-electron chi connectivity index (χ1n) is 10.8. The summed E-state index contributed by atoms with van der Waals surface area (Å²) in [6.07, 6.45) is 0.121. The molecule has 9 heteroatoms. The second-order valence-electron chi connectivity index (χ2n) is 7.87. The van der Waals surface area contributed by atoms with Crippen molar-refractivity contribution in [3.8, 4) is 6.07 Å². The fourth-order valence-corrected chi connectivity index (χ4v) is 4.55. The van der Waals surface area contributed by atoms with Gasteiger partial charge >= 0.3 is 5.97 Å². The number of amides is 1.